The van der Waals surface area contributed by atoms with Crippen LogP contribution in [0.1, 0.15) is 19.3 Å². The van der Waals surface area contributed by atoms with Crippen LogP contribution in [-0.4, -0.2) is 45.9 Å². The van der Waals surface area contributed by atoms with E-state index in [0.717, 1.165) is 10.7 Å². The van der Waals surface area contributed by atoms with Crippen molar-refractivity contribution in [3.63, 3.8) is 0 Å². The number of aliphatic carboxylic acids is 1. The van der Waals surface area contributed by atoms with Gasteiger partial charge in [0.2, 0.25) is 0 Å². The van der Waals surface area contributed by atoms with Crippen molar-refractivity contribution in [3.8, 4) is 0 Å². The van der Waals surface area contributed by atoms with Crippen LogP contribution in [0.15, 0.2) is 17.6 Å². The molecule has 2 rings (SSSR count). The molecule has 0 unspecified atom stereocenters. The zero-order valence-corrected chi connectivity index (χ0v) is 10.8. The minimum absolute atomic E-state index is 0.0989. The summed E-state index contributed by atoms with van der Waals surface area (Å²) in [5.41, 5.74) is 0. The van der Waals surface area contributed by atoms with Gasteiger partial charge >= 0.3 is 5.97 Å². The number of hydrogen-bond donors (Lipinski definition) is 1. The van der Waals surface area contributed by atoms with E-state index >= 15 is 0 Å². The summed E-state index contributed by atoms with van der Waals surface area (Å²) in [5.74, 6) is -1.10. The van der Waals surface area contributed by atoms with E-state index in [1.807, 2.05) is 0 Å². The van der Waals surface area contributed by atoms with Crippen molar-refractivity contribution >= 4 is 16.0 Å². The molecule has 0 amide bonds. The first-order chi connectivity index (χ1) is 8.43. The van der Waals surface area contributed by atoms with Crippen molar-refractivity contribution in [3.05, 3.63) is 12.5 Å². The number of carboxylic acids is 1. The zero-order valence-electron chi connectivity index (χ0n) is 9.98. The lowest BCUT2D eigenvalue weighted by atomic mass is 10.1. The van der Waals surface area contributed by atoms with E-state index in [2.05, 4.69) is 4.98 Å². The Morgan fingerprint density at radius 3 is 2.78 bits per heavy atom. The number of imidazole rings is 1. The molecule has 1 atom stereocenters. The van der Waals surface area contributed by atoms with Gasteiger partial charge in [0.25, 0.3) is 10.0 Å². The molecule has 0 radical (unpaired) electrons. The maximum atomic E-state index is 12.3. The Labute approximate surface area is 105 Å². The number of rotatable bonds is 3. The molecule has 7 nitrogen and oxygen atoms in total. The van der Waals surface area contributed by atoms with E-state index in [0.29, 0.717) is 12.8 Å². The predicted octanol–water partition coefficient (Wildman–Crippen LogP) is 0.0479. The van der Waals surface area contributed by atoms with Gasteiger partial charge in [-0.3, -0.25) is 4.79 Å². The lowest BCUT2D eigenvalue weighted by Crippen LogP contribution is -2.47. The standard InChI is InChI=1S/C10H15N3O4S/c1-12-6-9(11-7-12)18(16,17)13-5-3-2-4-8(13)10(14)15/h6-8H,2-5H2,1H3,(H,14,15)/t8-/m1/s1. The van der Waals surface area contributed by atoms with Crippen LogP contribution in [0.5, 0.6) is 0 Å². The van der Waals surface area contributed by atoms with Gasteiger partial charge in [-0.05, 0) is 19.3 Å². The van der Waals surface area contributed by atoms with E-state index < -0.39 is 22.0 Å². The van der Waals surface area contributed by atoms with E-state index in [1.165, 1.54) is 17.1 Å². The summed E-state index contributed by atoms with van der Waals surface area (Å²) in [6, 6.07) is -0.981. The van der Waals surface area contributed by atoms with Crippen molar-refractivity contribution in [1.29, 1.82) is 0 Å². The fourth-order valence-electron chi connectivity index (χ4n) is 2.08. The fourth-order valence-corrected chi connectivity index (χ4v) is 3.70. The van der Waals surface area contributed by atoms with Gasteiger partial charge in [0.15, 0.2) is 5.03 Å². The summed E-state index contributed by atoms with van der Waals surface area (Å²) in [7, 11) is -2.15. The maximum absolute atomic E-state index is 12.3. The molecule has 1 aliphatic rings. The molecule has 2 heterocycles. The molecule has 1 saturated heterocycles. The van der Waals surface area contributed by atoms with Crippen molar-refractivity contribution in [2.24, 2.45) is 7.05 Å². The Balaban J connectivity index is 2.36. The van der Waals surface area contributed by atoms with Crippen molar-refractivity contribution in [1.82, 2.24) is 13.9 Å². The second kappa shape index (κ2) is 4.69. The Morgan fingerprint density at radius 2 is 2.22 bits per heavy atom. The lowest BCUT2D eigenvalue weighted by molar-refractivity contribution is -0.142. The average Bonchev–Trinajstić information content (AvgIpc) is 2.76. The Kier molecular flexibility index (Phi) is 3.40. The lowest BCUT2D eigenvalue weighted by Gasteiger charge is -2.31. The monoisotopic (exact) mass is 273 g/mol. The molecular formula is C10H15N3O4S. The van der Waals surface area contributed by atoms with Crippen molar-refractivity contribution in [2.45, 2.75) is 30.3 Å². The van der Waals surface area contributed by atoms with Crippen LogP contribution in [0.25, 0.3) is 0 Å². The summed E-state index contributed by atoms with van der Waals surface area (Å²) in [4.78, 5) is 14.9. The maximum Gasteiger partial charge on any atom is 0.322 e. The fraction of sp³-hybridized carbons (Fsp3) is 0.600. The van der Waals surface area contributed by atoms with Crippen LogP contribution in [0, 0.1) is 0 Å². The van der Waals surface area contributed by atoms with Gasteiger partial charge in [0.1, 0.15) is 6.04 Å². The normalized spacial score (nSPS) is 21.9. The summed E-state index contributed by atoms with van der Waals surface area (Å²) in [6.07, 6.45) is 4.51. The van der Waals surface area contributed by atoms with Crippen LogP contribution >= 0.6 is 0 Å². The number of piperidine rings is 1. The topological polar surface area (TPSA) is 92.5 Å². The predicted molar refractivity (Wildman–Crippen MR) is 62.4 cm³/mol. The molecule has 1 aromatic heterocycles. The molecule has 8 heteroatoms. The third-order valence-electron chi connectivity index (χ3n) is 2.99. The summed E-state index contributed by atoms with van der Waals surface area (Å²) < 4.78 is 27.2. The summed E-state index contributed by atoms with van der Waals surface area (Å²) in [5, 5.41) is 8.99. The van der Waals surface area contributed by atoms with E-state index in [1.54, 1.807) is 7.05 Å². The first-order valence-electron chi connectivity index (χ1n) is 5.65. The highest BCUT2D eigenvalue weighted by Gasteiger charge is 2.38. The number of aromatic nitrogens is 2. The minimum atomic E-state index is -3.81. The molecule has 0 bridgehead atoms. The second-order valence-corrected chi connectivity index (χ2v) is 6.18. The molecule has 1 fully saturated rings. The molecule has 1 aliphatic heterocycles. The van der Waals surface area contributed by atoms with Crippen LogP contribution in [0.4, 0.5) is 0 Å². The smallest absolute Gasteiger partial charge is 0.322 e. The SMILES string of the molecule is Cn1cnc(S(=O)(=O)N2CCCC[C@@H]2C(=O)O)c1. The Bertz CT molecular complexity index is 551. The molecule has 0 aliphatic carbocycles. The van der Waals surface area contributed by atoms with Crippen LogP contribution < -0.4 is 0 Å². The average molecular weight is 273 g/mol. The van der Waals surface area contributed by atoms with Gasteiger partial charge in [0.05, 0.1) is 6.33 Å². The molecular weight excluding hydrogens is 258 g/mol. The Hall–Kier alpha value is -1.41. The molecule has 18 heavy (non-hydrogen) atoms. The van der Waals surface area contributed by atoms with E-state index in [4.69, 9.17) is 5.11 Å². The minimum Gasteiger partial charge on any atom is -0.480 e. The number of hydrogen-bond acceptors (Lipinski definition) is 4. The highest BCUT2D eigenvalue weighted by Crippen LogP contribution is 2.24. The molecule has 1 aromatic rings. The third kappa shape index (κ3) is 2.25. The van der Waals surface area contributed by atoms with Crippen molar-refractivity contribution < 1.29 is 18.3 Å². The van der Waals surface area contributed by atoms with Gasteiger partial charge in [-0.1, -0.05) is 0 Å². The van der Waals surface area contributed by atoms with Gasteiger partial charge in [-0.25, -0.2) is 13.4 Å². The first-order valence-corrected chi connectivity index (χ1v) is 7.09. The highest BCUT2D eigenvalue weighted by molar-refractivity contribution is 7.89. The van der Waals surface area contributed by atoms with Gasteiger partial charge in [-0.15, -0.1) is 0 Å². The number of aryl methyl sites for hydroxylation is 1. The summed E-state index contributed by atoms with van der Waals surface area (Å²) in [6.45, 7) is 0.232. The molecule has 0 saturated carbocycles. The van der Waals surface area contributed by atoms with E-state index in [9.17, 15) is 13.2 Å². The van der Waals surface area contributed by atoms with Gasteiger partial charge in [0, 0.05) is 19.8 Å². The molecule has 0 spiro atoms. The van der Waals surface area contributed by atoms with E-state index in [-0.39, 0.29) is 11.6 Å². The number of nitrogens with zero attached hydrogens (tertiary/aromatic N) is 3. The van der Waals surface area contributed by atoms with Gasteiger partial charge in [-0.2, -0.15) is 4.31 Å². The van der Waals surface area contributed by atoms with Crippen LogP contribution in [-0.2, 0) is 21.9 Å². The first kappa shape index (κ1) is 13.0. The number of sulfonamides is 1. The Morgan fingerprint density at radius 1 is 1.50 bits per heavy atom. The highest BCUT2D eigenvalue weighted by atomic mass is 32.2. The molecule has 100 valence electrons. The second-order valence-electron chi connectivity index (χ2n) is 4.34. The molecule has 0 aromatic carbocycles. The number of carbonyl (C=O) groups is 1. The third-order valence-corrected chi connectivity index (χ3v) is 4.79. The van der Waals surface area contributed by atoms with Crippen LogP contribution in [0.3, 0.4) is 0 Å². The quantitative estimate of drug-likeness (QED) is 0.840. The number of carboxylic acid groups (broad SMARTS) is 1. The van der Waals surface area contributed by atoms with Crippen molar-refractivity contribution in [2.75, 3.05) is 6.54 Å². The molecule has 1 N–H and O–H groups in total. The van der Waals surface area contributed by atoms with Crippen LogP contribution in [0.2, 0.25) is 0 Å². The summed E-state index contributed by atoms with van der Waals surface area (Å²) >= 11 is 0. The largest absolute Gasteiger partial charge is 0.480 e. The zero-order chi connectivity index (χ0) is 13.3. The van der Waals surface area contributed by atoms with Gasteiger partial charge < -0.3 is 9.67 Å².